The van der Waals surface area contributed by atoms with Gasteiger partial charge in [0.15, 0.2) is 0 Å². The van der Waals surface area contributed by atoms with Crippen molar-refractivity contribution in [1.82, 2.24) is 0 Å². The van der Waals surface area contributed by atoms with Gasteiger partial charge in [-0.2, -0.15) is 0 Å². The first-order chi connectivity index (χ1) is 9.51. The minimum atomic E-state index is -0.435. The number of ether oxygens (including phenoxy) is 1. The summed E-state index contributed by atoms with van der Waals surface area (Å²) in [5, 5.41) is 21.9. The lowest BCUT2D eigenvalue weighted by Gasteiger charge is -2.09. The molecule has 20 heavy (non-hydrogen) atoms. The third kappa shape index (κ3) is 2.83. The summed E-state index contributed by atoms with van der Waals surface area (Å²) in [6.07, 6.45) is 0. The molecule has 1 amide bonds. The number of benzene rings is 2. The van der Waals surface area contributed by atoms with Crippen molar-refractivity contribution in [3.63, 3.8) is 0 Å². The number of rotatable bonds is 3. The van der Waals surface area contributed by atoms with Gasteiger partial charge in [0.05, 0.1) is 12.7 Å². The molecule has 0 radical (unpaired) electrons. The molecular formula is C15H15NO4. The highest BCUT2D eigenvalue weighted by Crippen LogP contribution is 2.25. The van der Waals surface area contributed by atoms with Gasteiger partial charge < -0.3 is 20.3 Å². The van der Waals surface area contributed by atoms with Crippen LogP contribution in [0.1, 0.15) is 15.9 Å². The summed E-state index contributed by atoms with van der Waals surface area (Å²) in [7, 11) is 1.48. The number of amides is 1. The predicted molar refractivity (Wildman–Crippen MR) is 75.5 cm³/mol. The quantitative estimate of drug-likeness (QED) is 0.751. The minimum Gasteiger partial charge on any atom is -0.508 e. The monoisotopic (exact) mass is 273 g/mol. The normalized spacial score (nSPS) is 10.1. The van der Waals surface area contributed by atoms with E-state index < -0.39 is 5.91 Å². The zero-order valence-corrected chi connectivity index (χ0v) is 11.2. The number of aromatic hydroxyl groups is 2. The average molecular weight is 273 g/mol. The predicted octanol–water partition coefficient (Wildman–Crippen LogP) is 2.67. The summed E-state index contributed by atoms with van der Waals surface area (Å²) in [6.45, 7) is 1.73. The summed E-state index contributed by atoms with van der Waals surface area (Å²) < 4.78 is 4.96. The Morgan fingerprint density at radius 3 is 2.45 bits per heavy atom. The number of hydrogen-bond acceptors (Lipinski definition) is 4. The van der Waals surface area contributed by atoms with Gasteiger partial charge in [0.2, 0.25) is 0 Å². The van der Waals surface area contributed by atoms with Crippen molar-refractivity contribution in [2.75, 3.05) is 12.4 Å². The summed E-state index contributed by atoms with van der Waals surface area (Å²) in [5.74, 6) is 0.0439. The van der Waals surface area contributed by atoms with E-state index in [-0.39, 0.29) is 17.1 Å². The van der Waals surface area contributed by atoms with Gasteiger partial charge in [-0.15, -0.1) is 0 Å². The van der Waals surface area contributed by atoms with E-state index in [1.807, 2.05) is 0 Å². The number of carbonyl (C=O) groups is 1. The molecule has 5 heteroatoms. The van der Waals surface area contributed by atoms with E-state index in [4.69, 9.17) is 4.74 Å². The van der Waals surface area contributed by atoms with E-state index in [1.54, 1.807) is 25.1 Å². The zero-order valence-electron chi connectivity index (χ0n) is 11.2. The molecule has 0 bridgehead atoms. The fourth-order valence-electron chi connectivity index (χ4n) is 1.76. The fraction of sp³-hybridized carbons (Fsp3) is 0.133. The summed E-state index contributed by atoms with van der Waals surface area (Å²) in [5.41, 5.74) is 1.35. The Morgan fingerprint density at radius 2 is 1.85 bits per heavy atom. The Balaban J connectivity index is 2.21. The molecule has 3 N–H and O–H groups in total. The van der Waals surface area contributed by atoms with Crippen LogP contribution in [0.3, 0.4) is 0 Å². The van der Waals surface area contributed by atoms with Gasteiger partial charge in [-0.25, -0.2) is 0 Å². The van der Waals surface area contributed by atoms with Crippen LogP contribution in [0.15, 0.2) is 36.4 Å². The number of hydrogen-bond donors (Lipinski definition) is 3. The molecule has 0 saturated carbocycles. The standard InChI is InChI=1S/C15H15NO4/c1-9-7-10(3-6-13(9)17)16-15(19)12-5-4-11(20-2)8-14(12)18/h3-8,17-18H,1-2H3,(H,16,19). The number of nitrogens with one attached hydrogen (secondary N) is 1. The van der Waals surface area contributed by atoms with E-state index in [2.05, 4.69) is 5.32 Å². The molecule has 0 aromatic heterocycles. The molecule has 0 heterocycles. The van der Waals surface area contributed by atoms with E-state index in [0.29, 0.717) is 17.0 Å². The highest BCUT2D eigenvalue weighted by molar-refractivity contribution is 6.06. The number of anilines is 1. The third-order valence-corrected chi connectivity index (χ3v) is 2.90. The molecular weight excluding hydrogens is 258 g/mol. The van der Waals surface area contributed by atoms with Crippen LogP contribution in [-0.2, 0) is 0 Å². The first kappa shape index (κ1) is 13.7. The Labute approximate surface area is 116 Å². The van der Waals surface area contributed by atoms with Gasteiger partial charge in [-0.3, -0.25) is 4.79 Å². The van der Waals surface area contributed by atoms with Crippen LogP contribution in [0, 0.1) is 6.92 Å². The number of aryl methyl sites for hydroxylation is 1. The maximum absolute atomic E-state index is 12.1. The molecule has 0 saturated heterocycles. The number of phenols is 2. The van der Waals surface area contributed by atoms with Gasteiger partial charge in [0.25, 0.3) is 5.91 Å². The summed E-state index contributed by atoms with van der Waals surface area (Å²) in [6, 6.07) is 9.18. The van der Waals surface area contributed by atoms with Crippen LogP contribution in [0.25, 0.3) is 0 Å². The largest absolute Gasteiger partial charge is 0.508 e. The van der Waals surface area contributed by atoms with Gasteiger partial charge in [0.1, 0.15) is 17.2 Å². The topological polar surface area (TPSA) is 78.8 Å². The van der Waals surface area contributed by atoms with Crippen LogP contribution < -0.4 is 10.1 Å². The van der Waals surface area contributed by atoms with Crippen molar-refractivity contribution >= 4 is 11.6 Å². The lowest BCUT2D eigenvalue weighted by atomic mass is 10.1. The van der Waals surface area contributed by atoms with Crippen molar-refractivity contribution in [3.05, 3.63) is 47.5 Å². The molecule has 2 aromatic rings. The molecule has 0 aliphatic rings. The molecule has 0 atom stereocenters. The molecule has 2 rings (SSSR count). The van der Waals surface area contributed by atoms with E-state index in [0.717, 1.165) is 0 Å². The van der Waals surface area contributed by atoms with Crippen LogP contribution in [0.5, 0.6) is 17.2 Å². The number of carbonyl (C=O) groups excluding carboxylic acids is 1. The second-order valence-corrected chi connectivity index (χ2v) is 4.34. The molecule has 5 nitrogen and oxygen atoms in total. The molecule has 0 fully saturated rings. The van der Waals surface area contributed by atoms with Crippen molar-refractivity contribution in [3.8, 4) is 17.2 Å². The fourth-order valence-corrected chi connectivity index (χ4v) is 1.76. The number of methoxy groups -OCH3 is 1. The maximum atomic E-state index is 12.1. The van der Waals surface area contributed by atoms with Crippen LogP contribution in [0.4, 0.5) is 5.69 Å². The molecule has 0 aliphatic carbocycles. The molecule has 2 aromatic carbocycles. The van der Waals surface area contributed by atoms with E-state index >= 15 is 0 Å². The maximum Gasteiger partial charge on any atom is 0.259 e. The second-order valence-electron chi connectivity index (χ2n) is 4.34. The Hall–Kier alpha value is -2.69. The van der Waals surface area contributed by atoms with Gasteiger partial charge >= 0.3 is 0 Å². The lowest BCUT2D eigenvalue weighted by molar-refractivity contribution is 0.102. The first-order valence-electron chi connectivity index (χ1n) is 5.99. The highest BCUT2D eigenvalue weighted by atomic mass is 16.5. The van der Waals surface area contributed by atoms with Gasteiger partial charge in [-0.1, -0.05) is 0 Å². The summed E-state index contributed by atoms with van der Waals surface area (Å²) >= 11 is 0. The highest BCUT2D eigenvalue weighted by Gasteiger charge is 2.12. The average Bonchev–Trinajstić information content (AvgIpc) is 2.42. The summed E-state index contributed by atoms with van der Waals surface area (Å²) in [4.78, 5) is 12.1. The second kappa shape index (κ2) is 5.52. The Morgan fingerprint density at radius 1 is 1.10 bits per heavy atom. The van der Waals surface area contributed by atoms with Crippen molar-refractivity contribution in [1.29, 1.82) is 0 Å². The smallest absolute Gasteiger partial charge is 0.259 e. The van der Waals surface area contributed by atoms with Crippen LogP contribution in [-0.4, -0.2) is 23.2 Å². The first-order valence-corrected chi connectivity index (χ1v) is 5.99. The zero-order chi connectivity index (χ0) is 14.7. The van der Waals surface area contributed by atoms with Crippen LogP contribution in [0.2, 0.25) is 0 Å². The minimum absolute atomic E-state index is 0.150. The SMILES string of the molecule is COc1ccc(C(=O)Nc2ccc(O)c(C)c2)c(O)c1. The van der Waals surface area contributed by atoms with Crippen molar-refractivity contribution in [2.24, 2.45) is 0 Å². The molecule has 0 aliphatic heterocycles. The molecule has 0 unspecified atom stereocenters. The Kier molecular flexibility index (Phi) is 3.79. The van der Waals surface area contributed by atoms with Crippen molar-refractivity contribution in [2.45, 2.75) is 6.92 Å². The van der Waals surface area contributed by atoms with Crippen LogP contribution >= 0.6 is 0 Å². The lowest BCUT2D eigenvalue weighted by Crippen LogP contribution is -2.12. The van der Waals surface area contributed by atoms with E-state index in [1.165, 1.54) is 25.3 Å². The Bertz CT molecular complexity index is 652. The van der Waals surface area contributed by atoms with E-state index in [9.17, 15) is 15.0 Å². The third-order valence-electron chi connectivity index (χ3n) is 2.90. The number of phenolic OH excluding ortho intramolecular Hbond substituents is 2. The molecule has 0 spiro atoms. The molecule has 104 valence electrons. The van der Waals surface area contributed by atoms with Crippen molar-refractivity contribution < 1.29 is 19.7 Å². The van der Waals surface area contributed by atoms with Gasteiger partial charge in [0, 0.05) is 11.8 Å². The van der Waals surface area contributed by atoms with Gasteiger partial charge in [-0.05, 0) is 42.8 Å².